The molecule has 2 aromatic rings. The minimum Gasteiger partial charge on any atom is -0.494 e. The number of aryl methyl sites for hydroxylation is 1. The van der Waals surface area contributed by atoms with Gasteiger partial charge in [-0.1, -0.05) is 6.07 Å². The zero-order valence-corrected chi connectivity index (χ0v) is 16.7. The minimum atomic E-state index is -0.477. The van der Waals surface area contributed by atoms with Gasteiger partial charge in [-0.2, -0.15) is 0 Å². The highest BCUT2D eigenvalue weighted by Crippen LogP contribution is 2.28. The summed E-state index contributed by atoms with van der Waals surface area (Å²) in [5.74, 6) is -0.571. The van der Waals surface area contributed by atoms with Crippen LogP contribution < -0.4 is 15.0 Å². The molecule has 29 heavy (non-hydrogen) atoms. The molecule has 0 radical (unpaired) electrons. The van der Waals surface area contributed by atoms with Crippen LogP contribution in [-0.2, 0) is 14.3 Å². The van der Waals surface area contributed by atoms with Gasteiger partial charge in [-0.3, -0.25) is 9.59 Å². The van der Waals surface area contributed by atoms with E-state index in [4.69, 9.17) is 9.47 Å². The van der Waals surface area contributed by atoms with Gasteiger partial charge in [-0.25, -0.2) is 4.79 Å². The fourth-order valence-electron chi connectivity index (χ4n) is 3.26. The van der Waals surface area contributed by atoms with Crippen LogP contribution in [0.5, 0.6) is 5.75 Å². The molecule has 2 amide bonds. The Labute approximate surface area is 169 Å². The molecule has 7 nitrogen and oxygen atoms in total. The maximum absolute atomic E-state index is 12.8. The van der Waals surface area contributed by atoms with Crippen molar-refractivity contribution < 1.29 is 23.9 Å². The first-order chi connectivity index (χ1) is 13.9. The van der Waals surface area contributed by atoms with E-state index in [9.17, 15) is 14.4 Å². The Morgan fingerprint density at radius 2 is 1.90 bits per heavy atom. The lowest BCUT2D eigenvalue weighted by atomic mass is 10.1. The van der Waals surface area contributed by atoms with Crippen LogP contribution in [0.3, 0.4) is 0 Å². The topological polar surface area (TPSA) is 84.9 Å². The summed E-state index contributed by atoms with van der Waals surface area (Å²) in [6, 6.07) is 12.2. The van der Waals surface area contributed by atoms with Crippen molar-refractivity contribution in [1.29, 1.82) is 0 Å². The van der Waals surface area contributed by atoms with Gasteiger partial charge in [0, 0.05) is 24.3 Å². The fraction of sp³-hybridized carbons (Fsp3) is 0.318. The van der Waals surface area contributed by atoms with Crippen molar-refractivity contribution in [3.8, 4) is 5.75 Å². The number of hydrogen-bond donors (Lipinski definition) is 1. The van der Waals surface area contributed by atoms with Crippen molar-refractivity contribution in [3.05, 3.63) is 53.6 Å². The van der Waals surface area contributed by atoms with Crippen LogP contribution in [0.25, 0.3) is 0 Å². The van der Waals surface area contributed by atoms with E-state index in [1.165, 1.54) is 7.11 Å². The van der Waals surface area contributed by atoms with E-state index in [1.807, 2.05) is 26.0 Å². The lowest BCUT2D eigenvalue weighted by Gasteiger charge is -2.17. The Bertz CT molecular complexity index is 923. The maximum atomic E-state index is 12.8. The third-order valence-corrected chi connectivity index (χ3v) is 4.87. The zero-order valence-electron chi connectivity index (χ0n) is 16.7. The molecule has 1 fully saturated rings. The number of anilines is 2. The number of rotatable bonds is 6. The standard InChI is InChI=1S/C22H24N2O5/c1-4-29-18-9-7-17(8-10-18)24-13-16(12-20(24)25)21(26)23-19-11-15(22(27)28-3)6-5-14(19)2/h5-11,16H,4,12-13H2,1-3H3,(H,23,26)/t16-/m0/s1. The number of nitrogens with zero attached hydrogens (tertiary/aromatic N) is 1. The summed E-state index contributed by atoms with van der Waals surface area (Å²) in [5, 5.41) is 2.84. The summed E-state index contributed by atoms with van der Waals surface area (Å²) >= 11 is 0. The van der Waals surface area contributed by atoms with E-state index >= 15 is 0 Å². The number of hydrogen-bond acceptors (Lipinski definition) is 5. The smallest absolute Gasteiger partial charge is 0.337 e. The third-order valence-electron chi connectivity index (χ3n) is 4.87. The van der Waals surface area contributed by atoms with E-state index in [2.05, 4.69) is 5.32 Å². The van der Waals surface area contributed by atoms with Crippen LogP contribution in [0, 0.1) is 12.8 Å². The van der Waals surface area contributed by atoms with Crippen LogP contribution >= 0.6 is 0 Å². The monoisotopic (exact) mass is 396 g/mol. The second-order valence-corrected chi connectivity index (χ2v) is 6.84. The van der Waals surface area contributed by atoms with Crippen molar-refractivity contribution in [2.24, 2.45) is 5.92 Å². The second kappa shape index (κ2) is 8.77. The molecule has 2 aromatic carbocycles. The fourth-order valence-corrected chi connectivity index (χ4v) is 3.26. The summed E-state index contributed by atoms with van der Waals surface area (Å²) < 4.78 is 10.1. The van der Waals surface area contributed by atoms with Gasteiger partial charge in [0.25, 0.3) is 0 Å². The van der Waals surface area contributed by atoms with Gasteiger partial charge < -0.3 is 19.7 Å². The molecule has 0 aromatic heterocycles. The Hall–Kier alpha value is -3.35. The molecule has 152 valence electrons. The minimum absolute atomic E-state index is 0.102. The lowest BCUT2D eigenvalue weighted by Crippen LogP contribution is -2.28. The van der Waals surface area contributed by atoms with Gasteiger partial charge in [0.05, 0.1) is 25.2 Å². The summed E-state index contributed by atoms with van der Waals surface area (Å²) in [6.45, 7) is 4.61. The molecule has 1 saturated heterocycles. The highest BCUT2D eigenvalue weighted by Gasteiger charge is 2.35. The second-order valence-electron chi connectivity index (χ2n) is 6.84. The lowest BCUT2D eigenvalue weighted by molar-refractivity contribution is -0.122. The van der Waals surface area contributed by atoms with Crippen LogP contribution in [-0.4, -0.2) is 38.0 Å². The average Bonchev–Trinajstić information content (AvgIpc) is 3.11. The third kappa shape index (κ3) is 4.56. The van der Waals surface area contributed by atoms with Gasteiger partial charge in [0.1, 0.15) is 5.75 Å². The number of carbonyl (C=O) groups excluding carboxylic acids is 3. The quantitative estimate of drug-likeness (QED) is 0.758. The molecule has 0 saturated carbocycles. The highest BCUT2D eigenvalue weighted by molar-refractivity contribution is 6.04. The number of carbonyl (C=O) groups is 3. The molecule has 0 unspecified atom stereocenters. The van der Waals surface area contributed by atoms with Crippen molar-refractivity contribution >= 4 is 29.2 Å². The van der Waals surface area contributed by atoms with Gasteiger partial charge in [0.2, 0.25) is 11.8 Å². The molecule has 7 heteroatoms. The number of esters is 1. The van der Waals surface area contributed by atoms with E-state index in [-0.39, 0.29) is 18.2 Å². The predicted octanol–water partition coefficient (Wildman–Crippen LogP) is 3.17. The molecule has 1 atom stereocenters. The molecule has 1 aliphatic heterocycles. The SMILES string of the molecule is CCOc1ccc(N2C[C@@H](C(=O)Nc3cc(C(=O)OC)ccc3C)CC2=O)cc1. The van der Waals surface area contributed by atoms with Crippen molar-refractivity contribution in [2.75, 3.05) is 30.5 Å². The van der Waals surface area contributed by atoms with Crippen molar-refractivity contribution in [1.82, 2.24) is 0 Å². The number of amides is 2. The van der Waals surface area contributed by atoms with Crippen LogP contribution in [0.4, 0.5) is 11.4 Å². The van der Waals surface area contributed by atoms with Crippen LogP contribution in [0.1, 0.15) is 29.3 Å². The summed E-state index contributed by atoms with van der Waals surface area (Å²) in [4.78, 5) is 38.5. The Kier molecular flexibility index (Phi) is 6.16. The van der Waals surface area contributed by atoms with E-state index in [0.717, 1.165) is 17.0 Å². The van der Waals surface area contributed by atoms with Gasteiger partial charge in [-0.15, -0.1) is 0 Å². The van der Waals surface area contributed by atoms with Gasteiger partial charge in [-0.05, 0) is 55.8 Å². The summed E-state index contributed by atoms with van der Waals surface area (Å²) in [5.41, 5.74) is 2.44. The zero-order chi connectivity index (χ0) is 21.0. The maximum Gasteiger partial charge on any atom is 0.337 e. The normalized spacial score (nSPS) is 15.9. The summed E-state index contributed by atoms with van der Waals surface area (Å²) in [7, 11) is 1.31. The van der Waals surface area contributed by atoms with Crippen LogP contribution in [0.2, 0.25) is 0 Å². The Morgan fingerprint density at radius 3 is 2.55 bits per heavy atom. The molecule has 1 heterocycles. The number of benzene rings is 2. The molecule has 0 aliphatic carbocycles. The first-order valence-corrected chi connectivity index (χ1v) is 9.46. The summed E-state index contributed by atoms with van der Waals surface area (Å²) in [6.07, 6.45) is 0.134. The molecule has 1 aliphatic rings. The van der Waals surface area contributed by atoms with E-state index < -0.39 is 11.9 Å². The van der Waals surface area contributed by atoms with Gasteiger partial charge >= 0.3 is 5.97 Å². The Morgan fingerprint density at radius 1 is 1.17 bits per heavy atom. The molecule has 0 spiro atoms. The van der Waals surface area contributed by atoms with Gasteiger partial charge in [0.15, 0.2) is 0 Å². The van der Waals surface area contributed by atoms with Crippen molar-refractivity contribution in [3.63, 3.8) is 0 Å². The highest BCUT2D eigenvalue weighted by atomic mass is 16.5. The van der Waals surface area contributed by atoms with E-state index in [1.54, 1.807) is 35.2 Å². The molecule has 3 rings (SSSR count). The predicted molar refractivity (Wildman–Crippen MR) is 109 cm³/mol. The molecular formula is C22H24N2O5. The molecule has 0 bridgehead atoms. The molecular weight excluding hydrogens is 372 g/mol. The average molecular weight is 396 g/mol. The number of nitrogens with one attached hydrogen (secondary N) is 1. The first-order valence-electron chi connectivity index (χ1n) is 9.46. The number of ether oxygens (including phenoxy) is 2. The largest absolute Gasteiger partial charge is 0.494 e. The Balaban J connectivity index is 1.70. The van der Waals surface area contributed by atoms with Crippen LogP contribution in [0.15, 0.2) is 42.5 Å². The van der Waals surface area contributed by atoms with Crippen molar-refractivity contribution in [2.45, 2.75) is 20.3 Å². The number of methoxy groups -OCH3 is 1. The first kappa shape index (κ1) is 20.4. The van der Waals surface area contributed by atoms with E-state index in [0.29, 0.717) is 24.4 Å². The molecule has 1 N–H and O–H groups in total.